The Labute approximate surface area is 73.3 Å². The summed E-state index contributed by atoms with van der Waals surface area (Å²) in [6.07, 6.45) is 0.495. The van der Waals surface area contributed by atoms with E-state index < -0.39 is 0 Å². The Balaban J connectivity index is 3.31. The number of nitrogens with one attached hydrogen (secondary N) is 2. The van der Waals surface area contributed by atoms with Gasteiger partial charge in [0, 0.05) is 26.1 Å². The molecule has 12 heavy (non-hydrogen) atoms. The van der Waals surface area contributed by atoms with E-state index >= 15 is 0 Å². The lowest BCUT2D eigenvalue weighted by atomic mass is 10.2. The van der Waals surface area contributed by atoms with Crippen LogP contribution in [0.4, 0.5) is 0 Å². The van der Waals surface area contributed by atoms with Crippen LogP contribution in [0.1, 0.15) is 13.3 Å². The van der Waals surface area contributed by atoms with Gasteiger partial charge in [0.25, 0.3) is 0 Å². The highest BCUT2D eigenvalue weighted by Crippen LogP contribution is 1.88. The molecule has 0 aliphatic carbocycles. The highest BCUT2D eigenvalue weighted by Gasteiger charge is 2.02. The Morgan fingerprint density at radius 2 is 2.25 bits per heavy atom. The number of amides is 1. The second-order valence-electron chi connectivity index (χ2n) is 2.95. The second kappa shape index (κ2) is 7.06. The Morgan fingerprint density at radius 3 is 2.75 bits per heavy atom. The van der Waals surface area contributed by atoms with E-state index in [1.807, 2.05) is 14.0 Å². The summed E-state index contributed by atoms with van der Waals surface area (Å²) in [4.78, 5) is 11.0. The second-order valence-corrected chi connectivity index (χ2v) is 2.95. The zero-order chi connectivity index (χ0) is 9.40. The number of hydrogen-bond acceptors (Lipinski definition) is 3. The van der Waals surface area contributed by atoms with Crippen LogP contribution in [-0.4, -0.2) is 37.8 Å². The first-order valence-corrected chi connectivity index (χ1v) is 4.22. The quantitative estimate of drug-likeness (QED) is 0.501. The maximum atomic E-state index is 11.0. The summed E-state index contributed by atoms with van der Waals surface area (Å²) in [5.74, 6) is 0.174. The van der Waals surface area contributed by atoms with E-state index in [0.29, 0.717) is 19.5 Å². The minimum atomic E-state index is 0.0321. The lowest BCUT2D eigenvalue weighted by molar-refractivity contribution is -0.121. The van der Waals surface area contributed by atoms with Crippen molar-refractivity contribution in [2.75, 3.05) is 26.7 Å². The average Bonchev–Trinajstić information content (AvgIpc) is 2.10. The first kappa shape index (κ1) is 11.4. The number of carbonyl (C=O) groups excluding carboxylic acids is 1. The summed E-state index contributed by atoms with van der Waals surface area (Å²) in [6, 6.07) is 0. The fourth-order valence-corrected chi connectivity index (χ4v) is 0.680. The molecule has 0 aromatic heterocycles. The van der Waals surface area contributed by atoms with Crippen molar-refractivity contribution in [3.8, 4) is 0 Å². The highest BCUT2D eigenvalue weighted by molar-refractivity contribution is 5.76. The molecule has 1 atom stereocenters. The average molecular weight is 174 g/mol. The molecule has 0 aliphatic rings. The number of aliphatic hydroxyl groups is 1. The predicted octanol–water partition coefficient (Wildman–Crippen LogP) is -0.659. The molecule has 1 unspecified atom stereocenters. The van der Waals surface area contributed by atoms with Crippen LogP contribution < -0.4 is 10.6 Å². The van der Waals surface area contributed by atoms with Crippen molar-refractivity contribution in [1.82, 2.24) is 10.6 Å². The summed E-state index contributed by atoms with van der Waals surface area (Å²) < 4.78 is 0. The number of carbonyl (C=O) groups is 1. The number of hydrogen-bond donors (Lipinski definition) is 3. The molecule has 0 heterocycles. The van der Waals surface area contributed by atoms with Crippen molar-refractivity contribution >= 4 is 5.91 Å². The summed E-state index contributed by atoms with van der Waals surface area (Å²) in [6.45, 7) is 3.25. The molecule has 0 radical (unpaired) electrons. The van der Waals surface area contributed by atoms with Gasteiger partial charge in [0.1, 0.15) is 0 Å². The molecule has 0 aromatic rings. The molecule has 0 saturated carbocycles. The third-order valence-electron chi connectivity index (χ3n) is 1.56. The smallest absolute Gasteiger partial charge is 0.221 e. The van der Waals surface area contributed by atoms with Crippen molar-refractivity contribution in [2.24, 2.45) is 5.92 Å². The molecule has 0 bridgehead atoms. The van der Waals surface area contributed by atoms with E-state index in [1.54, 1.807) is 0 Å². The van der Waals surface area contributed by atoms with E-state index in [1.165, 1.54) is 0 Å². The van der Waals surface area contributed by atoms with Gasteiger partial charge in [-0.15, -0.1) is 0 Å². The van der Waals surface area contributed by atoms with Gasteiger partial charge in [0.2, 0.25) is 5.91 Å². The van der Waals surface area contributed by atoms with Crippen LogP contribution in [-0.2, 0) is 4.79 Å². The maximum absolute atomic E-state index is 11.0. The van der Waals surface area contributed by atoms with E-state index in [4.69, 9.17) is 5.11 Å². The molecule has 0 spiro atoms. The Kier molecular flexibility index (Phi) is 6.70. The molecular formula is C8H18N2O2. The minimum Gasteiger partial charge on any atom is -0.396 e. The highest BCUT2D eigenvalue weighted by atomic mass is 16.3. The fourth-order valence-electron chi connectivity index (χ4n) is 0.680. The molecule has 0 aliphatic heterocycles. The van der Waals surface area contributed by atoms with Gasteiger partial charge in [-0.25, -0.2) is 0 Å². The molecule has 0 saturated heterocycles. The van der Waals surface area contributed by atoms with Crippen molar-refractivity contribution in [3.05, 3.63) is 0 Å². The van der Waals surface area contributed by atoms with Crippen LogP contribution in [0.25, 0.3) is 0 Å². The van der Waals surface area contributed by atoms with Gasteiger partial charge < -0.3 is 15.7 Å². The summed E-state index contributed by atoms with van der Waals surface area (Å²) in [5, 5.41) is 14.3. The summed E-state index contributed by atoms with van der Waals surface area (Å²) in [7, 11) is 1.81. The van der Waals surface area contributed by atoms with Crippen molar-refractivity contribution in [3.63, 3.8) is 0 Å². The fraction of sp³-hybridized carbons (Fsp3) is 0.875. The van der Waals surface area contributed by atoms with Gasteiger partial charge >= 0.3 is 0 Å². The van der Waals surface area contributed by atoms with Crippen LogP contribution in [0, 0.1) is 5.92 Å². The summed E-state index contributed by atoms with van der Waals surface area (Å²) >= 11 is 0. The Hall–Kier alpha value is -0.610. The van der Waals surface area contributed by atoms with Crippen molar-refractivity contribution in [2.45, 2.75) is 13.3 Å². The molecule has 3 N–H and O–H groups in total. The largest absolute Gasteiger partial charge is 0.396 e. The van der Waals surface area contributed by atoms with Gasteiger partial charge in [-0.05, 0) is 13.0 Å². The maximum Gasteiger partial charge on any atom is 0.221 e. The zero-order valence-electron chi connectivity index (χ0n) is 7.76. The first-order chi connectivity index (χ1) is 5.70. The predicted molar refractivity (Wildman–Crippen MR) is 47.8 cm³/mol. The normalized spacial score (nSPS) is 12.6. The van der Waals surface area contributed by atoms with Gasteiger partial charge in [-0.1, -0.05) is 6.92 Å². The van der Waals surface area contributed by atoms with E-state index in [9.17, 15) is 4.79 Å². The molecule has 4 nitrogen and oxygen atoms in total. The minimum absolute atomic E-state index is 0.0321. The Bertz CT molecular complexity index is 128. The molecule has 4 heteroatoms. The SMILES string of the molecule is CNCCC(=O)NCC(C)CO. The zero-order valence-corrected chi connectivity index (χ0v) is 7.76. The van der Waals surface area contributed by atoms with Gasteiger partial charge in [-0.3, -0.25) is 4.79 Å². The van der Waals surface area contributed by atoms with E-state index in [-0.39, 0.29) is 18.4 Å². The van der Waals surface area contributed by atoms with E-state index in [2.05, 4.69) is 10.6 Å². The summed E-state index contributed by atoms with van der Waals surface area (Å²) in [5.41, 5.74) is 0. The Morgan fingerprint density at radius 1 is 1.58 bits per heavy atom. The van der Waals surface area contributed by atoms with Crippen LogP contribution in [0.3, 0.4) is 0 Å². The third-order valence-corrected chi connectivity index (χ3v) is 1.56. The van der Waals surface area contributed by atoms with Crippen LogP contribution in [0.15, 0.2) is 0 Å². The van der Waals surface area contributed by atoms with Gasteiger partial charge in [0.15, 0.2) is 0 Å². The molecule has 0 fully saturated rings. The van der Waals surface area contributed by atoms with E-state index in [0.717, 1.165) is 0 Å². The molecule has 0 aromatic carbocycles. The van der Waals surface area contributed by atoms with Gasteiger partial charge in [-0.2, -0.15) is 0 Å². The first-order valence-electron chi connectivity index (χ1n) is 4.22. The van der Waals surface area contributed by atoms with Crippen molar-refractivity contribution < 1.29 is 9.90 Å². The van der Waals surface area contributed by atoms with Crippen molar-refractivity contribution in [1.29, 1.82) is 0 Å². The number of rotatable bonds is 6. The molecule has 1 amide bonds. The lowest BCUT2D eigenvalue weighted by Gasteiger charge is -2.08. The monoisotopic (exact) mass is 174 g/mol. The lowest BCUT2D eigenvalue weighted by Crippen LogP contribution is -2.31. The molecule has 0 rings (SSSR count). The third kappa shape index (κ3) is 6.12. The molecule has 72 valence electrons. The topological polar surface area (TPSA) is 61.4 Å². The number of aliphatic hydroxyl groups excluding tert-OH is 1. The van der Waals surface area contributed by atoms with Crippen LogP contribution in [0.5, 0.6) is 0 Å². The van der Waals surface area contributed by atoms with Crippen LogP contribution in [0.2, 0.25) is 0 Å². The van der Waals surface area contributed by atoms with Gasteiger partial charge in [0.05, 0.1) is 0 Å². The molecular weight excluding hydrogens is 156 g/mol. The van der Waals surface area contributed by atoms with Crippen LogP contribution >= 0.6 is 0 Å². The standard InChI is InChI=1S/C8H18N2O2/c1-7(6-11)5-10-8(12)3-4-9-2/h7,9,11H,3-6H2,1-2H3,(H,10,12).